The summed E-state index contributed by atoms with van der Waals surface area (Å²) in [6, 6.07) is -0.704. The third kappa shape index (κ3) is 48.3. The number of ether oxygens (including phenoxy) is 1. The lowest BCUT2D eigenvalue weighted by Gasteiger charge is -2.24. The summed E-state index contributed by atoms with van der Waals surface area (Å²) < 4.78 is 5.95. The van der Waals surface area contributed by atoms with Crippen LogP contribution < -0.4 is 5.32 Å². The zero-order chi connectivity index (χ0) is 47.4. The van der Waals surface area contributed by atoms with Gasteiger partial charge in [0.15, 0.2) is 0 Å². The summed E-state index contributed by atoms with van der Waals surface area (Å²) in [5.74, 6) is -0.483. The Balaban J connectivity index is 4.56. The molecule has 6 nitrogen and oxygen atoms in total. The van der Waals surface area contributed by atoms with Crippen LogP contribution in [0.1, 0.15) is 303 Å². The molecule has 0 saturated carbocycles. The van der Waals surface area contributed by atoms with E-state index in [1.54, 1.807) is 0 Å². The molecule has 0 bridgehead atoms. The van der Waals surface area contributed by atoms with Crippen LogP contribution in [0, 0.1) is 0 Å². The lowest BCUT2D eigenvalue weighted by atomic mass is 10.0. The molecule has 0 radical (unpaired) electrons. The molecule has 0 saturated heterocycles. The van der Waals surface area contributed by atoms with Crippen molar-refractivity contribution >= 4 is 11.9 Å². The molecule has 0 aromatic carbocycles. The van der Waals surface area contributed by atoms with E-state index in [4.69, 9.17) is 4.74 Å². The van der Waals surface area contributed by atoms with Gasteiger partial charge in [0.25, 0.3) is 0 Å². The number of hydrogen-bond donors (Lipinski definition) is 3. The van der Waals surface area contributed by atoms with Crippen LogP contribution >= 0.6 is 0 Å². The minimum atomic E-state index is -0.789. The Kier molecular flexibility index (Phi) is 51.5. The predicted molar refractivity (Wildman–Crippen MR) is 282 cm³/mol. The summed E-state index contributed by atoms with van der Waals surface area (Å²) in [6.07, 6.45) is 63.4. The molecule has 65 heavy (non-hydrogen) atoms. The second kappa shape index (κ2) is 53.0. The van der Waals surface area contributed by atoms with Gasteiger partial charge < -0.3 is 20.3 Å². The van der Waals surface area contributed by atoms with Crippen LogP contribution in [0.4, 0.5) is 0 Å². The van der Waals surface area contributed by atoms with Gasteiger partial charge in [-0.05, 0) is 64.2 Å². The lowest BCUT2D eigenvalue weighted by Crippen LogP contribution is -2.46. The molecule has 0 aromatic heterocycles. The zero-order valence-corrected chi connectivity index (χ0v) is 43.6. The van der Waals surface area contributed by atoms with E-state index in [0.717, 1.165) is 70.6 Å². The summed E-state index contributed by atoms with van der Waals surface area (Å²) in [6.45, 7) is 6.49. The van der Waals surface area contributed by atoms with E-state index < -0.39 is 18.2 Å². The first-order chi connectivity index (χ1) is 32.0. The van der Waals surface area contributed by atoms with Crippen molar-refractivity contribution in [2.24, 2.45) is 0 Å². The Morgan fingerprint density at radius 2 is 0.785 bits per heavy atom. The molecule has 0 fully saturated rings. The molecule has 382 valence electrons. The van der Waals surface area contributed by atoms with Crippen molar-refractivity contribution in [2.45, 2.75) is 322 Å². The molecule has 3 N–H and O–H groups in total. The normalized spacial score (nSPS) is 13.4. The molecule has 0 aliphatic carbocycles. The summed E-state index contributed by atoms with van der Waals surface area (Å²) in [5, 5.41) is 23.9. The number of aliphatic hydroxyl groups is 2. The number of aliphatic hydroxyl groups excluding tert-OH is 2. The van der Waals surface area contributed by atoms with E-state index in [1.807, 2.05) is 0 Å². The highest BCUT2D eigenvalue weighted by Gasteiger charge is 2.24. The Hall–Kier alpha value is -1.92. The van der Waals surface area contributed by atoms with Crippen molar-refractivity contribution in [2.75, 3.05) is 6.61 Å². The van der Waals surface area contributed by atoms with Gasteiger partial charge in [0, 0.05) is 6.42 Å². The van der Waals surface area contributed by atoms with Gasteiger partial charge in [-0.25, -0.2) is 0 Å². The van der Waals surface area contributed by atoms with Crippen molar-refractivity contribution in [3.8, 4) is 0 Å². The molecule has 0 aliphatic heterocycles. The van der Waals surface area contributed by atoms with Gasteiger partial charge in [-0.2, -0.15) is 0 Å². The number of rotatable bonds is 52. The standard InChI is InChI=1S/C59H111NO5/c1-4-7-10-13-16-19-22-25-28-29-31-34-37-40-43-46-49-52-59(64)65-55(50-47-44-41-38-35-32-27-24-21-18-15-12-9-6-3)53-58(63)60-56(54-61)57(62)51-48-45-42-39-36-33-30-26-23-20-17-14-11-8-5-2/h16,19,25,28,31,34,55-57,61-62H,4-15,17-18,20-24,26-27,29-30,32-33,35-54H2,1-3H3,(H,60,63)/b19-16-,28-25-,34-31-. The molecular formula is C59H111NO5. The Morgan fingerprint density at radius 3 is 1.22 bits per heavy atom. The molecule has 0 aliphatic rings. The first-order valence-electron chi connectivity index (χ1n) is 28.7. The summed E-state index contributed by atoms with van der Waals surface area (Å²) in [4.78, 5) is 26.3. The van der Waals surface area contributed by atoms with E-state index in [2.05, 4.69) is 62.5 Å². The number of esters is 1. The number of hydrogen-bond acceptors (Lipinski definition) is 5. The van der Waals surface area contributed by atoms with Crippen LogP contribution in [-0.2, 0) is 14.3 Å². The third-order valence-electron chi connectivity index (χ3n) is 13.2. The van der Waals surface area contributed by atoms with Crippen molar-refractivity contribution < 1.29 is 24.5 Å². The molecule has 0 heterocycles. The number of carbonyl (C=O) groups is 2. The molecule has 6 heteroatoms. The van der Waals surface area contributed by atoms with Crippen molar-refractivity contribution in [1.29, 1.82) is 0 Å². The van der Waals surface area contributed by atoms with Crippen molar-refractivity contribution in [3.63, 3.8) is 0 Å². The van der Waals surface area contributed by atoms with Gasteiger partial charge in [-0.3, -0.25) is 9.59 Å². The number of nitrogens with one attached hydrogen (secondary N) is 1. The Bertz CT molecular complexity index is 1070. The van der Waals surface area contributed by atoms with Gasteiger partial charge in [0.2, 0.25) is 5.91 Å². The zero-order valence-electron chi connectivity index (χ0n) is 43.6. The molecule has 0 rings (SSSR count). The average Bonchev–Trinajstić information content (AvgIpc) is 3.30. The topological polar surface area (TPSA) is 95.9 Å². The van der Waals surface area contributed by atoms with E-state index in [-0.39, 0.29) is 24.9 Å². The second-order valence-electron chi connectivity index (χ2n) is 19.7. The first kappa shape index (κ1) is 63.1. The third-order valence-corrected chi connectivity index (χ3v) is 13.2. The summed E-state index contributed by atoms with van der Waals surface area (Å²) >= 11 is 0. The molecule has 3 atom stereocenters. The maximum absolute atomic E-state index is 13.3. The molecule has 0 spiro atoms. The average molecular weight is 915 g/mol. The van der Waals surface area contributed by atoms with Gasteiger partial charge in [-0.15, -0.1) is 0 Å². The first-order valence-corrected chi connectivity index (χ1v) is 28.7. The molecule has 0 aromatic rings. The van der Waals surface area contributed by atoms with Crippen LogP contribution in [0.2, 0.25) is 0 Å². The minimum absolute atomic E-state index is 0.0730. The van der Waals surface area contributed by atoms with E-state index in [1.165, 1.54) is 186 Å². The van der Waals surface area contributed by atoms with Crippen molar-refractivity contribution in [3.05, 3.63) is 36.5 Å². The van der Waals surface area contributed by atoms with Gasteiger partial charge in [0.1, 0.15) is 6.10 Å². The van der Waals surface area contributed by atoms with Crippen LogP contribution in [0.5, 0.6) is 0 Å². The largest absolute Gasteiger partial charge is 0.462 e. The fraction of sp³-hybridized carbons (Fsp3) is 0.864. The predicted octanol–water partition coefficient (Wildman–Crippen LogP) is 17.6. The number of carbonyl (C=O) groups excluding carboxylic acids is 2. The quantitative estimate of drug-likeness (QED) is 0.0321. The van der Waals surface area contributed by atoms with Crippen LogP contribution in [0.3, 0.4) is 0 Å². The SMILES string of the molecule is CCCCC/C=C\C/C=C\C/C=C\CCCCCCC(=O)OC(CCCCCCCCCCCCCCCC)CC(=O)NC(CO)C(O)CCCCCCCCCCCCCCCCC. The van der Waals surface area contributed by atoms with Crippen LogP contribution in [0.15, 0.2) is 36.5 Å². The monoisotopic (exact) mass is 914 g/mol. The smallest absolute Gasteiger partial charge is 0.306 e. The van der Waals surface area contributed by atoms with Crippen LogP contribution in [0.25, 0.3) is 0 Å². The van der Waals surface area contributed by atoms with Gasteiger partial charge in [0.05, 0.1) is 25.2 Å². The fourth-order valence-corrected chi connectivity index (χ4v) is 8.85. The highest BCUT2D eigenvalue weighted by Crippen LogP contribution is 2.19. The number of unbranched alkanes of at least 4 members (excludes halogenated alkanes) is 34. The van der Waals surface area contributed by atoms with E-state index in [9.17, 15) is 19.8 Å². The fourth-order valence-electron chi connectivity index (χ4n) is 8.85. The van der Waals surface area contributed by atoms with Crippen molar-refractivity contribution in [1.82, 2.24) is 5.32 Å². The number of amides is 1. The maximum atomic E-state index is 13.3. The summed E-state index contributed by atoms with van der Waals surface area (Å²) in [7, 11) is 0. The highest BCUT2D eigenvalue weighted by atomic mass is 16.5. The molecule has 3 unspecified atom stereocenters. The molecule has 1 amide bonds. The minimum Gasteiger partial charge on any atom is -0.462 e. The number of allylic oxidation sites excluding steroid dienone is 6. The highest BCUT2D eigenvalue weighted by molar-refractivity contribution is 5.77. The van der Waals surface area contributed by atoms with E-state index in [0.29, 0.717) is 19.3 Å². The van der Waals surface area contributed by atoms with Crippen LogP contribution in [-0.4, -0.2) is 46.9 Å². The summed E-state index contributed by atoms with van der Waals surface area (Å²) in [5.41, 5.74) is 0. The lowest BCUT2D eigenvalue weighted by molar-refractivity contribution is -0.151. The van der Waals surface area contributed by atoms with E-state index >= 15 is 0 Å². The van der Waals surface area contributed by atoms with Gasteiger partial charge in [-0.1, -0.05) is 263 Å². The maximum Gasteiger partial charge on any atom is 0.306 e. The Labute approximate surface area is 404 Å². The molecular weight excluding hydrogens is 803 g/mol. The second-order valence-corrected chi connectivity index (χ2v) is 19.7. The Morgan fingerprint density at radius 1 is 0.446 bits per heavy atom. The van der Waals surface area contributed by atoms with Gasteiger partial charge >= 0.3 is 5.97 Å².